The van der Waals surface area contributed by atoms with E-state index >= 15 is 0 Å². The molecule has 2 amide bonds. The van der Waals surface area contributed by atoms with Crippen LogP contribution in [-0.4, -0.2) is 25.0 Å². The molecule has 2 aromatic carbocycles. The van der Waals surface area contributed by atoms with Crippen molar-refractivity contribution >= 4 is 34.8 Å². The van der Waals surface area contributed by atoms with Gasteiger partial charge in [-0.25, -0.2) is 0 Å². The summed E-state index contributed by atoms with van der Waals surface area (Å²) < 4.78 is 5.55. The third kappa shape index (κ3) is 4.31. The molecule has 1 fully saturated rings. The van der Waals surface area contributed by atoms with E-state index in [0.717, 1.165) is 24.2 Å². The van der Waals surface area contributed by atoms with Crippen LogP contribution in [0.3, 0.4) is 0 Å². The number of nitrogens with one attached hydrogen (secondary N) is 1. The Morgan fingerprint density at radius 1 is 1.28 bits per heavy atom. The van der Waals surface area contributed by atoms with Crippen LogP contribution in [0.2, 0.25) is 5.02 Å². The van der Waals surface area contributed by atoms with Gasteiger partial charge >= 0.3 is 0 Å². The lowest BCUT2D eigenvalue weighted by Gasteiger charge is -2.16. The van der Waals surface area contributed by atoms with E-state index in [1.165, 1.54) is 0 Å². The topological polar surface area (TPSA) is 58.6 Å². The normalized spacial score (nSPS) is 13.8. The molecule has 1 heterocycles. The van der Waals surface area contributed by atoms with Crippen LogP contribution in [0.1, 0.15) is 18.4 Å². The van der Waals surface area contributed by atoms with Crippen molar-refractivity contribution in [2.24, 2.45) is 0 Å². The molecule has 6 heteroatoms. The summed E-state index contributed by atoms with van der Waals surface area (Å²) in [6.45, 7) is 2.50. The molecule has 0 radical (unpaired) electrons. The minimum absolute atomic E-state index is 0.117. The Bertz CT molecular complexity index is 807. The van der Waals surface area contributed by atoms with Crippen molar-refractivity contribution in [2.45, 2.75) is 19.8 Å². The SMILES string of the molecule is Cc1ccc(NC(=O)COc2cccc(N3CCCC3=O)c2)cc1Cl. The van der Waals surface area contributed by atoms with Gasteiger partial charge in [-0.2, -0.15) is 0 Å². The van der Waals surface area contributed by atoms with Gasteiger partial charge in [0.05, 0.1) is 0 Å². The lowest BCUT2D eigenvalue weighted by atomic mass is 10.2. The number of carbonyl (C=O) groups excluding carboxylic acids is 2. The quantitative estimate of drug-likeness (QED) is 0.884. The van der Waals surface area contributed by atoms with Crippen molar-refractivity contribution in [2.75, 3.05) is 23.4 Å². The Morgan fingerprint density at radius 2 is 2.12 bits per heavy atom. The molecule has 1 N–H and O–H groups in total. The van der Waals surface area contributed by atoms with E-state index in [4.69, 9.17) is 16.3 Å². The molecule has 0 unspecified atom stereocenters. The Morgan fingerprint density at radius 3 is 2.84 bits per heavy atom. The van der Waals surface area contributed by atoms with Crippen LogP contribution < -0.4 is 15.0 Å². The van der Waals surface area contributed by atoms with Crippen molar-refractivity contribution in [3.63, 3.8) is 0 Å². The number of hydrogen-bond acceptors (Lipinski definition) is 3. The summed E-state index contributed by atoms with van der Waals surface area (Å²) in [4.78, 5) is 25.6. The van der Waals surface area contributed by atoms with Crippen molar-refractivity contribution in [3.8, 4) is 5.75 Å². The van der Waals surface area contributed by atoms with Crippen molar-refractivity contribution < 1.29 is 14.3 Å². The van der Waals surface area contributed by atoms with Gasteiger partial charge in [-0.3, -0.25) is 9.59 Å². The van der Waals surface area contributed by atoms with Crippen LogP contribution >= 0.6 is 11.6 Å². The number of hydrogen-bond donors (Lipinski definition) is 1. The molecule has 0 saturated carbocycles. The van der Waals surface area contributed by atoms with Gasteiger partial charge in [0, 0.05) is 35.4 Å². The van der Waals surface area contributed by atoms with E-state index in [0.29, 0.717) is 22.9 Å². The summed E-state index contributed by atoms with van der Waals surface area (Å²) >= 11 is 6.05. The predicted octanol–water partition coefficient (Wildman–Crippen LogP) is 3.79. The highest BCUT2D eigenvalue weighted by atomic mass is 35.5. The summed E-state index contributed by atoms with van der Waals surface area (Å²) in [6, 6.07) is 12.6. The fourth-order valence-corrected chi connectivity index (χ4v) is 2.86. The first kappa shape index (κ1) is 17.3. The molecule has 0 bridgehead atoms. The van der Waals surface area contributed by atoms with Gasteiger partial charge in [0.25, 0.3) is 5.91 Å². The molecule has 1 aliphatic rings. The summed E-state index contributed by atoms with van der Waals surface area (Å²) in [5, 5.41) is 3.34. The zero-order valence-corrected chi connectivity index (χ0v) is 14.7. The third-order valence-corrected chi connectivity index (χ3v) is 4.44. The highest BCUT2D eigenvalue weighted by molar-refractivity contribution is 6.31. The average molecular weight is 359 g/mol. The Labute approximate surface area is 151 Å². The van der Waals surface area contributed by atoms with Crippen molar-refractivity contribution in [1.29, 1.82) is 0 Å². The number of halogens is 1. The average Bonchev–Trinajstić information content (AvgIpc) is 3.03. The second-order valence-corrected chi connectivity index (χ2v) is 6.35. The van der Waals surface area contributed by atoms with Crippen LogP contribution in [0.15, 0.2) is 42.5 Å². The summed E-state index contributed by atoms with van der Waals surface area (Å²) in [7, 11) is 0. The first-order chi connectivity index (χ1) is 12.0. The molecular weight excluding hydrogens is 340 g/mol. The molecule has 5 nitrogen and oxygen atoms in total. The number of ether oxygens (including phenoxy) is 1. The number of rotatable bonds is 5. The van der Waals surface area contributed by atoms with Crippen LogP contribution in [-0.2, 0) is 9.59 Å². The van der Waals surface area contributed by atoms with Gasteiger partial charge in [-0.05, 0) is 43.2 Å². The molecule has 130 valence electrons. The number of benzene rings is 2. The van der Waals surface area contributed by atoms with E-state index in [9.17, 15) is 9.59 Å². The Kier molecular flexibility index (Phi) is 5.24. The van der Waals surface area contributed by atoms with Gasteiger partial charge in [0.2, 0.25) is 5.91 Å². The van der Waals surface area contributed by atoms with Crippen molar-refractivity contribution in [3.05, 3.63) is 53.1 Å². The number of nitrogens with zero attached hydrogens (tertiary/aromatic N) is 1. The van der Waals surface area contributed by atoms with Crippen LogP contribution in [0.25, 0.3) is 0 Å². The minimum atomic E-state index is -0.275. The number of aryl methyl sites for hydroxylation is 1. The molecule has 0 aliphatic carbocycles. The Hall–Kier alpha value is -2.53. The molecule has 0 atom stereocenters. The lowest BCUT2D eigenvalue weighted by molar-refractivity contribution is -0.118. The van der Waals surface area contributed by atoms with E-state index in [2.05, 4.69) is 5.32 Å². The second-order valence-electron chi connectivity index (χ2n) is 5.95. The van der Waals surface area contributed by atoms with Crippen LogP contribution in [0.5, 0.6) is 5.75 Å². The monoisotopic (exact) mass is 358 g/mol. The van der Waals surface area contributed by atoms with Gasteiger partial charge in [-0.15, -0.1) is 0 Å². The fourth-order valence-electron chi connectivity index (χ4n) is 2.68. The number of carbonyl (C=O) groups is 2. The molecule has 0 spiro atoms. The highest BCUT2D eigenvalue weighted by Crippen LogP contribution is 2.25. The van der Waals surface area contributed by atoms with Crippen LogP contribution in [0, 0.1) is 6.92 Å². The van der Waals surface area contributed by atoms with E-state index in [1.807, 2.05) is 25.1 Å². The van der Waals surface area contributed by atoms with Gasteiger partial charge < -0.3 is 15.0 Å². The summed E-state index contributed by atoms with van der Waals surface area (Å²) in [5.41, 5.74) is 2.37. The zero-order valence-electron chi connectivity index (χ0n) is 13.9. The Balaban J connectivity index is 1.58. The van der Waals surface area contributed by atoms with Gasteiger partial charge in [0.15, 0.2) is 6.61 Å². The van der Waals surface area contributed by atoms with Crippen LogP contribution in [0.4, 0.5) is 11.4 Å². The third-order valence-electron chi connectivity index (χ3n) is 4.03. The predicted molar refractivity (Wildman–Crippen MR) is 98.3 cm³/mol. The zero-order chi connectivity index (χ0) is 17.8. The van der Waals surface area contributed by atoms with E-state index in [-0.39, 0.29) is 18.4 Å². The van der Waals surface area contributed by atoms with Crippen molar-refractivity contribution in [1.82, 2.24) is 0 Å². The first-order valence-electron chi connectivity index (χ1n) is 8.12. The maximum absolute atomic E-state index is 12.0. The fraction of sp³-hybridized carbons (Fsp3) is 0.263. The first-order valence-corrected chi connectivity index (χ1v) is 8.50. The van der Waals surface area contributed by atoms with Gasteiger partial charge in [-0.1, -0.05) is 23.7 Å². The smallest absolute Gasteiger partial charge is 0.262 e. The standard InChI is InChI=1S/C19H19ClN2O3/c1-13-7-8-14(10-17(13)20)21-18(23)12-25-16-5-2-4-15(11-16)22-9-3-6-19(22)24/h2,4-5,7-8,10-11H,3,6,9,12H2,1H3,(H,21,23). The molecule has 0 aromatic heterocycles. The van der Waals surface area contributed by atoms with Gasteiger partial charge in [0.1, 0.15) is 5.75 Å². The summed E-state index contributed by atoms with van der Waals surface area (Å²) in [6.07, 6.45) is 1.44. The number of amides is 2. The van der Waals surface area contributed by atoms with E-state index < -0.39 is 0 Å². The second kappa shape index (κ2) is 7.57. The molecule has 25 heavy (non-hydrogen) atoms. The molecule has 1 aliphatic heterocycles. The largest absolute Gasteiger partial charge is 0.484 e. The molecule has 3 rings (SSSR count). The van der Waals surface area contributed by atoms with E-state index in [1.54, 1.807) is 29.2 Å². The minimum Gasteiger partial charge on any atom is -0.484 e. The summed E-state index contributed by atoms with van der Waals surface area (Å²) in [5.74, 6) is 0.392. The number of anilines is 2. The maximum atomic E-state index is 12.0. The molecule has 2 aromatic rings. The molecule has 1 saturated heterocycles. The maximum Gasteiger partial charge on any atom is 0.262 e. The highest BCUT2D eigenvalue weighted by Gasteiger charge is 2.21. The molecular formula is C19H19ClN2O3. The lowest BCUT2D eigenvalue weighted by Crippen LogP contribution is -2.24.